The molecule has 6 heteroatoms. The molecule has 1 aliphatic carbocycles. The summed E-state index contributed by atoms with van der Waals surface area (Å²) in [5.74, 6) is 5.96. The molecule has 21 heavy (non-hydrogen) atoms. The van der Waals surface area contributed by atoms with Gasteiger partial charge >= 0.3 is 0 Å². The Labute approximate surface area is 130 Å². The molecule has 0 atom stereocenters. The largest absolute Gasteiger partial charge is 0.384 e. The predicted octanol–water partition coefficient (Wildman–Crippen LogP) is 2.09. The third-order valence-electron chi connectivity index (χ3n) is 3.68. The summed E-state index contributed by atoms with van der Waals surface area (Å²) in [7, 11) is -3.24. The number of aliphatic hydroxyl groups excluding tert-OH is 1. The highest BCUT2D eigenvalue weighted by molar-refractivity contribution is 7.89. The summed E-state index contributed by atoms with van der Waals surface area (Å²) in [6.45, 7) is 0.0882. The van der Waals surface area contributed by atoms with Crippen LogP contribution in [-0.2, 0) is 16.6 Å². The Balaban J connectivity index is 1.90. The zero-order chi connectivity index (χ0) is 15.1. The van der Waals surface area contributed by atoms with E-state index in [0.717, 1.165) is 36.1 Å². The number of sulfonamides is 1. The third-order valence-corrected chi connectivity index (χ3v) is 6.10. The van der Waals surface area contributed by atoms with E-state index in [2.05, 4.69) is 16.6 Å². The monoisotopic (exact) mass is 327 g/mol. The molecule has 0 amide bonds. The minimum Gasteiger partial charge on any atom is -0.384 e. The van der Waals surface area contributed by atoms with Gasteiger partial charge in [0.1, 0.15) is 6.61 Å². The van der Waals surface area contributed by atoms with E-state index >= 15 is 0 Å². The number of hydrogen-bond donors (Lipinski definition) is 2. The summed E-state index contributed by atoms with van der Waals surface area (Å²) in [6.07, 6.45) is 5.56. The zero-order valence-electron chi connectivity index (χ0n) is 12.0. The van der Waals surface area contributed by atoms with Crippen LogP contribution in [0.3, 0.4) is 0 Å². The summed E-state index contributed by atoms with van der Waals surface area (Å²) < 4.78 is 27.0. The van der Waals surface area contributed by atoms with Gasteiger partial charge in [-0.15, -0.1) is 11.3 Å². The molecule has 1 heterocycles. The maximum absolute atomic E-state index is 12.1. The first-order valence-corrected chi connectivity index (χ1v) is 9.77. The number of thiophene rings is 1. The normalized spacial score (nSPS) is 16.4. The Hall–Kier alpha value is -0.870. The van der Waals surface area contributed by atoms with E-state index in [9.17, 15) is 8.42 Å². The fraction of sp³-hybridized carbons (Fsp3) is 0.600. The van der Waals surface area contributed by atoms with Crippen molar-refractivity contribution in [2.24, 2.45) is 5.92 Å². The van der Waals surface area contributed by atoms with Gasteiger partial charge in [-0.1, -0.05) is 31.1 Å². The van der Waals surface area contributed by atoms with Crippen LogP contribution < -0.4 is 4.72 Å². The molecule has 1 aromatic heterocycles. The van der Waals surface area contributed by atoms with Crippen molar-refractivity contribution in [1.29, 1.82) is 0 Å². The van der Waals surface area contributed by atoms with Crippen LogP contribution in [0.5, 0.6) is 0 Å². The van der Waals surface area contributed by atoms with Crippen molar-refractivity contribution < 1.29 is 13.5 Å². The lowest BCUT2D eigenvalue weighted by molar-refractivity contribution is 0.350. The van der Waals surface area contributed by atoms with Gasteiger partial charge in [0.25, 0.3) is 0 Å². The summed E-state index contributed by atoms with van der Waals surface area (Å²) in [5, 5.41) is 10.6. The fourth-order valence-corrected chi connectivity index (χ4v) is 4.92. The lowest BCUT2D eigenvalue weighted by Crippen LogP contribution is -2.30. The smallest absolute Gasteiger partial charge is 0.212 e. The van der Waals surface area contributed by atoms with Crippen LogP contribution in [0.4, 0.5) is 0 Å². The van der Waals surface area contributed by atoms with E-state index in [1.807, 2.05) is 11.4 Å². The van der Waals surface area contributed by atoms with Crippen molar-refractivity contribution in [2.75, 3.05) is 12.4 Å². The van der Waals surface area contributed by atoms with Crippen LogP contribution >= 0.6 is 11.3 Å². The quantitative estimate of drug-likeness (QED) is 0.814. The highest BCUT2D eigenvalue weighted by Gasteiger charge is 2.21. The molecule has 0 aliphatic heterocycles. The highest BCUT2D eigenvalue weighted by atomic mass is 32.2. The van der Waals surface area contributed by atoms with Gasteiger partial charge in [-0.3, -0.25) is 0 Å². The second kappa shape index (κ2) is 7.95. The molecule has 4 nitrogen and oxygen atoms in total. The molecule has 0 unspecified atom stereocenters. The van der Waals surface area contributed by atoms with Gasteiger partial charge in [0.05, 0.1) is 5.75 Å². The van der Waals surface area contributed by atoms with E-state index in [1.54, 1.807) is 0 Å². The van der Waals surface area contributed by atoms with Crippen molar-refractivity contribution in [3.63, 3.8) is 0 Å². The second-order valence-electron chi connectivity index (χ2n) is 5.32. The Kier molecular flexibility index (Phi) is 6.24. The van der Waals surface area contributed by atoms with E-state index in [4.69, 9.17) is 5.11 Å². The molecule has 0 saturated heterocycles. The van der Waals surface area contributed by atoms with Crippen LogP contribution in [-0.4, -0.2) is 25.9 Å². The van der Waals surface area contributed by atoms with Gasteiger partial charge in [0.15, 0.2) is 0 Å². The van der Waals surface area contributed by atoms with Gasteiger partial charge in [-0.25, -0.2) is 13.1 Å². The van der Waals surface area contributed by atoms with Gasteiger partial charge in [-0.05, 0) is 30.2 Å². The first-order chi connectivity index (χ1) is 10.1. The SMILES string of the molecule is O=S(=O)(CC1CCCCC1)NCc1sccc1C#CCO. The fourth-order valence-electron chi connectivity index (χ4n) is 2.62. The van der Waals surface area contributed by atoms with Gasteiger partial charge in [0.2, 0.25) is 10.0 Å². The lowest BCUT2D eigenvalue weighted by Gasteiger charge is -2.21. The molecule has 2 rings (SSSR count). The number of nitrogens with one attached hydrogen (secondary N) is 1. The van der Waals surface area contributed by atoms with Crippen molar-refractivity contribution in [3.8, 4) is 11.8 Å². The third kappa shape index (κ3) is 5.44. The molecule has 1 saturated carbocycles. The molecule has 0 radical (unpaired) electrons. The minimum absolute atomic E-state index is 0.192. The Morgan fingerprint density at radius 3 is 2.81 bits per heavy atom. The highest BCUT2D eigenvalue weighted by Crippen LogP contribution is 2.25. The van der Waals surface area contributed by atoms with Gasteiger partial charge in [-0.2, -0.15) is 0 Å². The van der Waals surface area contributed by atoms with Gasteiger partial charge in [0, 0.05) is 17.0 Å². The van der Waals surface area contributed by atoms with Crippen molar-refractivity contribution in [2.45, 2.75) is 38.6 Å². The van der Waals surface area contributed by atoms with E-state index in [1.165, 1.54) is 17.8 Å². The van der Waals surface area contributed by atoms with Crippen LogP contribution in [0.15, 0.2) is 11.4 Å². The van der Waals surface area contributed by atoms with E-state index in [-0.39, 0.29) is 18.9 Å². The molecule has 116 valence electrons. The Morgan fingerprint density at radius 1 is 1.33 bits per heavy atom. The number of rotatable bonds is 5. The second-order valence-corrected chi connectivity index (χ2v) is 8.18. The molecule has 1 aromatic rings. The maximum atomic E-state index is 12.1. The predicted molar refractivity (Wildman–Crippen MR) is 85.5 cm³/mol. The van der Waals surface area contributed by atoms with Crippen molar-refractivity contribution in [1.82, 2.24) is 4.72 Å². The average molecular weight is 327 g/mol. The molecule has 0 bridgehead atoms. The van der Waals surface area contributed by atoms with Crippen molar-refractivity contribution >= 4 is 21.4 Å². The minimum atomic E-state index is -3.24. The summed E-state index contributed by atoms with van der Waals surface area (Å²) in [6, 6.07) is 1.85. The first kappa shape index (κ1) is 16.5. The molecule has 1 aliphatic rings. The summed E-state index contributed by atoms with van der Waals surface area (Å²) in [4.78, 5) is 0.892. The van der Waals surface area contributed by atoms with Crippen LogP contribution in [0, 0.1) is 17.8 Å². The summed E-state index contributed by atoms with van der Waals surface area (Å²) >= 11 is 1.48. The topological polar surface area (TPSA) is 66.4 Å². The maximum Gasteiger partial charge on any atom is 0.212 e. The lowest BCUT2D eigenvalue weighted by atomic mass is 9.91. The zero-order valence-corrected chi connectivity index (χ0v) is 13.6. The average Bonchev–Trinajstić information content (AvgIpc) is 2.91. The molecule has 0 spiro atoms. The molecule has 0 aromatic carbocycles. The Bertz CT molecular complexity index is 604. The molecular formula is C15H21NO3S2. The van der Waals surface area contributed by atoms with Crippen molar-refractivity contribution in [3.05, 3.63) is 21.9 Å². The Morgan fingerprint density at radius 2 is 2.10 bits per heavy atom. The number of aliphatic hydroxyl groups is 1. The summed E-state index contributed by atoms with van der Waals surface area (Å²) in [5.41, 5.74) is 0.786. The first-order valence-electron chi connectivity index (χ1n) is 7.24. The van der Waals surface area contributed by atoms with E-state index in [0.29, 0.717) is 5.92 Å². The van der Waals surface area contributed by atoms with E-state index < -0.39 is 10.0 Å². The molecular weight excluding hydrogens is 306 g/mol. The van der Waals surface area contributed by atoms with Gasteiger partial charge < -0.3 is 5.11 Å². The number of hydrogen-bond acceptors (Lipinski definition) is 4. The van der Waals surface area contributed by atoms with Crippen LogP contribution in [0.1, 0.15) is 42.5 Å². The molecule has 1 fully saturated rings. The standard InChI is InChI=1S/C15H21NO3S2/c17-9-4-7-14-8-10-20-15(14)11-16-21(18,19)12-13-5-2-1-3-6-13/h8,10,13,16-17H,1-3,5-6,9,11-12H2. The van der Waals surface area contributed by atoms with Crippen LogP contribution in [0.2, 0.25) is 0 Å². The molecule has 2 N–H and O–H groups in total. The van der Waals surface area contributed by atoms with Crippen LogP contribution in [0.25, 0.3) is 0 Å².